The monoisotopic (exact) mass is 439 g/mol. The van der Waals surface area contributed by atoms with E-state index in [1.165, 1.54) is 13.8 Å². The number of nitroso groups, excluding NO2 is 2. The summed E-state index contributed by atoms with van der Waals surface area (Å²) in [5.74, 6) is 0. The van der Waals surface area contributed by atoms with E-state index in [0.717, 1.165) is 0 Å². The van der Waals surface area contributed by atoms with Crippen LogP contribution in [0, 0.1) is 22.2 Å². The molecule has 26 heavy (non-hydrogen) atoms. The Hall–Kier alpha value is -0.864. The molecular formula is C16H37CoN4O4P. The third kappa shape index (κ3) is 49.5. The topological polar surface area (TPSA) is 123 Å². The first-order chi connectivity index (χ1) is 11.2. The average Bonchev–Trinajstić information content (AvgIpc) is 2.50. The van der Waals surface area contributed by atoms with E-state index in [0.29, 0.717) is 11.4 Å². The number of nitrogens with zero attached hydrogens (tertiary/aromatic N) is 2. The Balaban J connectivity index is -0.0000000773. The first-order valence-corrected chi connectivity index (χ1v) is 10.6. The molecule has 0 spiro atoms. The molecule has 10 heteroatoms. The maximum Gasteiger partial charge on any atom is 0.103 e. The van der Waals surface area contributed by atoms with Gasteiger partial charge in [0.15, 0.2) is 0 Å². The van der Waals surface area contributed by atoms with Crippen LogP contribution in [0.25, 0.3) is 0 Å². The summed E-state index contributed by atoms with van der Waals surface area (Å²) in [7, 11) is 0.120. The van der Waals surface area contributed by atoms with Crippen LogP contribution in [0.15, 0.2) is 33.1 Å². The van der Waals surface area contributed by atoms with Gasteiger partial charge in [-0.3, -0.25) is 21.4 Å². The summed E-state index contributed by atoms with van der Waals surface area (Å²) >= 11 is 0. The van der Waals surface area contributed by atoms with E-state index in [9.17, 15) is 9.81 Å². The SMILES string of the molecule is CC(N=O)=C(C)NO.CC(N=O)=C(C)NO.C[PH+](C)C.[CH2-]C(C)(C)C.[Co]. The van der Waals surface area contributed by atoms with Gasteiger partial charge in [0.05, 0.1) is 11.4 Å². The Bertz CT molecular complexity index is 384. The van der Waals surface area contributed by atoms with Crippen molar-refractivity contribution in [2.24, 2.45) is 15.8 Å². The number of hydroxylamine groups is 2. The van der Waals surface area contributed by atoms with Crippen LogP contribution in [0.4, 0.5) is 0 Å². The van der Waals surface area contributed by atoms with Gasteiger partial charge in [0.2, 0.25) is 0 Å². The Kier molecular flexibility index (Phi) is 30.8. The van der Waals surface area contributed by atoms with Gasteiger partial charge in [-0.15, -0.1) is 9.81 Å². The van der Waals surface area contributed by atoms with Crippen molar-refractivity contribution in [2.75, 3.05) is 20.0 Å². The molecule has 1 radical (unpaired) electrons. The van der Waals surface area contributed by atoms with Crippen molar-refractivity contribution in [3.63, 3.8) is 0 Å². The molecule has 0 fully saturated rings. The summed E-state index contributed by atoms with van der Waals surface area (Å²) in [5, 5.41) is 21.4. The molecule has 0 aliphatic rings. The van der Waals surface area contributed by atoms with Crippen molar-refractivity contribution < 1.29 is 27.2 Å². The standard InChI is InChI=1S/C5H11.2C4H8N2O2.C3H9P.Co/c1-5(2,3)4;2*1-3(5-7)4(2)6-8;1-4(2)3;/h1H2,2-4H3;2*5,7H,1-2H3;1-3H3;/q-1;;;;/p+1. The molecular weight excluding hydrogens is 402 g/mol. The smallest absolute Gasteiger partial charge is 0.103 e. The molecule has 0 atom stereocenters. The fraction of sp³-hybridized carbons (Fsp3) is 0.688. The second kappa shape index (κ2) is 22.2. The van der Waals surface area contributed by atoms with Crippen molar-refractivity contribution in [3.05, 3.63) is 39.5 Å². The molecule has 0 rings (SSSR count). The second-order valence-electron chi connectivity index (χ2n) is 6.89. The van der Waals surface area contributed by atoms with Gasteiger partial charge in [0, 0.05) is 36.8 Å². The largest absolute Gasteiger partial charge is 0.338 e. The van der Waals surface area contributed by atoms with Gasteiger partial charge >= 0.3 is 0 Å². The maximum absolute atomic E-state index is 9.65. The fourth-order valence-corrected chi connectivity index (χ4v) is 0.299. The van der Waals surface area contributed by atoms with Crippen molar-refractivity contribution >= 4 is 7.92 Å². The second-order valence-corrected chi connectivity index (χ2v) is 9.89. The van der Waals surface area contributed by atoms with E-state index in [2.05, 4.69) is 58.0 Å². The first kappa shape index (κ1) is 36.1. The number of hydrogen-bond donors (Lipinski definition) is 4. The predicted molar refractivity (Wildman–Crippen MR) is 109 cm³/mol. The zero-order chi connectivity index (χ0) is 21.2. The van der Waals surface area contributed by atoms with Crippen LogP contribution in [-0.4, -0.2) is 30.4 Å². The molecule has 0 amide bonds. The molecule has 0 aliphatic heterocycles. The van der Waals surface area contributed by atoms with Gasteiger partial charge in [0.1, 0.15) is 11.4 Å². The molecule has 0 aromatic heterocycles. The zero-order valence-electron chi connectivity index (χ0n) is 17.6. The first-order valence-electron chi connectivity index (χ1n) is 7.61. The van der Waals surface area contributed by atoms with Crippen LogP contribution in [0.2, 0.25) is 0 Å². The van der Waals surface area contributed by atoms with Gasteiger partial charge in [-0.2, -0.15) is 5.41 Å². The van der Waals surface area contributed by atoms with Crippen molar-refractivity contribution in [1.29, 1.82) is 0 Å². The van der Waals surface area contributed by atoms with Crippen molar-refractivity contribution in [1.82, 2.24) is 11.0 Å². The van der Waals surface area contributed by atoms with Crippen LogP contribution in [-0.2, 0) is 16.8 Å². The predicted octanol–water partition coefficient (Wildman–Crippen LogP) is 4.92. The molecule has 4 N–H and O–H groups in total. The van der Waals surface area contributed by atoms with E-state index in [1.54, 1.807) is 24.8 Å². The normalized spacial score (nSPS) is 11.3. The maximum atomic E-state index is 9.65. The van der Waals surface area contributed by atoms with Gasteiger partial charge in [-0.1, -0.05) is 20.8 Å². The van der Waals surface area contributed by atoms with Crippen LogP contribution >= 0.6 is 7.92 Å². The molecule has 0 saturated carbocycles. The third-order valence-corrected chi connectivity index (χ3v) is 1.69. The summed E-state index contributed by atoms with van der Waals surface area (Å²) in [6.45, 7) is 22.9. The van der Waals surface area contributed by atoms with Gasteiger partial charge in [0.25, 0.3) is 0 Å². The van der Waals surface area contributed by atoms with Crippen molar-refractivity contribution in [3.8, 4) is 0 Å². The quantitative estimate of drug-likeness (QED) is 0.213. The molecule has 159 valence electrons. The van der Waals surface area contributed by atoms with Crippen LogP contribution < -0.4 is 11.0 Å². The number of nitrogens with one attached hydrogen (secondary N) is 2. The van der Waals surface area contributed by atoms with E-state index in [-0.39, 0.29) is 41.5 Å². The number of hydrogen-bond acceptors (Lipinski definition) is 8. The van der Waals surface area contributed by atoms with E-state index >= 15 is 0 Å². The van der Waals surface area contributed by atoms with Crippen LogP contribution in [0.3, 0.4) is 0 Å². The summed E-state index contributed by atoms with van der Waals surface area (Å²) in [6.07, 6.45) is 0. The number of allylic oxidation sites excluding steroid dienone is 4. The minimum atomic E-state index is 0. The van der Waals surface area contributed by atoms with Crippen LogP contribution in [0.1, 0.15) is 48.5 Å². The Labute approximate surface area is 170 Å². The van der Waals surface area contributed by atoms with E-state index in [1.807, 2.05) is 0 Å². The number of rotatable bonds is 4. The average molecular weight is 439 g/mol. The molecule has 8 nitrogen and oxygen atoms in total. The minimum Gasteiger partial charge on any atom is -0.338 e. The molecule has 0 heterocycles. The van der Waals surface area contributed by atoms with Crippen LogP contribution in [0.5, 0.6) is 0 Å². The third-order valence-electron chi connectivity index (χ3n) is 1.69. The Morgan fingerprint density at radius 1 is 0.846 bits per heavy atom. The summed E-state index contributed by atoms with van der Waals surface area (Å²) in [6, 6.07) is 0. The summed E-state index contributed by atoms with van der Waals surface area (Å²) < 4.78 is 0. The summed E-state index contributed by atoms with van der Waals surface area (Å²) in [5.41, 5.74) is 5.12. The molecule has 0 aliphatic carbocycles. The molecule has 0 aromatic carbocycles. The molecule has 0 saturated heterocycles. The molecule has 0 aromatic rings. The minimum absolute atomic E-state index is 0. The van der Waals surface area contributed by atoms with Crippen molar-refractivity contribution in [2.45, 2.75) is 48.5 Å². The van der Waals surface area contributed by atoms with E-state index < -0.39 is 0 Å². The van der Waals surface area contributed by atoms with Gasteiger partial charge in [-0.25, -0.2) is 0 Å². The van der Waals surface area contributed by atoms with E-state index in [4.69, 9.17) is 10.4 Å². The Morgan fingerprint density at radius 2 is 1.00 bits per heavy atom. The summed E-state index contributed by atoms with van der Waals surface area (Å²) in [4.78, 5) is 19.3. The molecule has 0 bridgehead atoms. The molecule has 0 unspecified atom stereocenters. The fourth-order valence-electron chi connectivity index (χ4n) is 0.299. The zero-order valence-corrected chi connectivity index (χ0v) is 19.7. The Morgan fingerprint density at radius 3 is 1.04 bits per heavy atom. The van der Waals surface area contributed by atoms with Gasteiger partial charge in [-0.05, 0) is 46.0 Å². The van der Waals surface area contributed by atoms with Gasteiger partial charge < -0.3 is 6.92 Å².